The fourth-order valence-electron chi connectivity index (χ4n) is 1.95. The van der Waals surface area contributed by atoms with E-state index in [-0.39, 0.29) is 0 Å². The standard InChI is InChI=1S/C12H16N4/c1-10-4-3-7-16(9-15-10)12-11(8-13)5-2-6-14-12/h2,5-6,10,15H,3-4,7,9H2,1H3. The van der Waals surface area contributed by atoms with E-state index >= 15 is 0 Å². The Kier molecular flexibility index (Phi) is 3.37. The second-order valence-electron chi connectivity index (χ2n) is 4.16. The van der Waals surface area contributed by atoms with E-state index in [4.69, 9.17) is 5.26 Å². The van der Waals surface area contributed by atoms with Gasteiger partial charge in [-0.15, -0.1) is 0 Å². The van der Waals surface area contributed by atoms with Crippen LogP contribution in [0, 0.1) is 11.3 Å². The molecule has 1 aliphatic heterocycles. The number of aromatic nitrogens is 1. The summed E-state index contributed by atoms with van der Waals surface area (Å²) in [5, 5.41) is 12.5. The number of nitrogens with one attached hydrogen (secondary N) is 1. The van der Waals surface area contributed by atoms with Crippen LogP contribution in [-0.4, -0.2) is 24.2 Å². The van der Waals surface area contributed by atoms with Crippen LogP contribution in [0.3, 0.4) is 0 Å². The molecule has 0 spiro atoms. The molecule has 2 rings (SSSR count). The summed E-state index contributed by atoms with van der Waals surface area (Å²) in [4.78, 5) is 6.44. The highest BCUT2D eigenvalue weighted by Crippen LogP contribution is 2.17. The van der Waals surface area contributed by atoms with E-state index in [9.17, 15) is 0 Å². The number of hydrogen-bond donors (Lipinski definition) is 1. The van der Waals surface area contributed by atoms with Crippen LogP contribution in [0.5, 0.6) is 0 Å². The number of anilines is 1. The van der Waals surface area contributed by atoms with Gasteiger partial charge in [-0.05, 0) is 31.9 Å². The van der Waals surface area contributed by atoms with Crippen LogP contribution in [0.1, 0.15) is 25.3 Å². The Morgan fingerprint density at radius 3 is 3.31 bits per heavy atom. The molecule has 1 unspecified atom stereocenters. The van der Waals surface area contributed by atoms with Gasteiger partial charge in [0.15, 0.2) is 0 Å². The van der Waals surface area contributed by atoms with Crippen LogP contribution >= 0.6 is 0 Å². The van der Waals surface area contributed by atoms with Crippen LogP contribution in [-0.2, 0) is 0 Å². The number of rotatable bonds is 1. The van der Waals surface area contributed by atoms with Crippen molar-refractivity contribution in [1.82, 2.24) is 10.3 Å². The van der Waals surface area contributed by atoms with Crippen molar-refractivity contribution in [2.75, 3.05) is 18.1 Å². The van der Waals surface area contributed by atoms with Gasteiger partial charge in [0, 0.05) is 18.8 Å². The fraction of sp³-hybridized carbons (Fsp3) is 0.500. The van der Waals surface area contributed by atoms with Gasteiger partial charge in [0.25, 0.3) is 0 Å². The van der Waals surface area contributed by atoms with Crippen molar-refractivity contribution in [3.8, 4) is 6.07 Å². The third kappa shape index (κ3) is 2.31. The summed E-state index contributed by atoms with van der Waals surface area (Å²) in [6.07, 6.45) is 4.05. The second-order valence-corrected chi connectivity index (χ2v) is 4.16. The first-order valence-electron chi connectivity index (χ1n) is 5.64. The van der Waals surface area contributed by atoms with Crippen LogP contribution in [0.15, 0.2) is 18.3 Å². The summed E-state index contributed by atoms with van der Waals surface area (Å²) in [6, 6.07) is 6.35. The quantitative estimate of drug-likeness (QED) is 0.772. The summed E-state index contributed by atoms with van der Waals surface area (Å²) < 4.78 is 0. The number of nitrogens with zero attached hydrogens (tertiary/aromatic N) is 3. The lowest BCUT2D eigenvalue weighted by atomic mass is 10.2. The van der Waals surface area contributed by atoms with E-state index in [1.165, 1.54) is 6.42 Å². The molecule has 2 heterocycles. The van der Waals surface area contributed by atoms with Gasteiger partial charge in [-0.2, -0.15) is 5.26 Å². The smallest absolute Gasteiger partial charge is 0.147 e. The molecule has 0 aliphatic carbocycles. The highest BCUT2D eigenvalue weighted by Gasteiger charge is 2.16. The topological polar surface area (TPSA) is 52.0 Å². The molecule has 0 bridgehead atoms. The lowest BCUT2D eigenvalue weighted by Gasteiger charge is -2.22. The third-order valence-corrected chi connectivity index (χ3v) is 2.90. The molecule has 84 valence electrons. The van der Waals surface area contributed by atoms with Crippen LogP contribution in [0.25, 0.3) is 0 Å². The molecular weight excluding hydrogens is 200 g/mol. The van der Waals surface area contributed by atoms with Gasteiger partial charge in [0.05, 0.1) is 12.2 Å². The van der Waals surface area contributed by atoms with E-state index < -0.39 is 0 Å². The Morgan fingerprint density at radius 2 is 2.50 bits per heavy atom. The molecule has 1 atom stereocenters. The molecule has 16 heavy (non-hydrogen) atoms. The van der Waals surface area contributed by atoms with Gasteiger partial charge in [-0.25, -0.2) is 4.98 Å². The zero-order valence-electron chi connectivity index (χ0n) is 9.48. The SMILES string of the molecule is CC1CCCN(c2ncccc2C#N)CN1. The average molecular weight is 216 g/mol. The first-order valence-corrected chi connectivity index (χ1v) is 5.64. The Morgan fingerprint density at radius 1 is 1.62 bits per heavy atom. The maximum Gasteiger partial charge on any atom is 0.147 e. The first-order chi connectivity index (χ1) is 7.81. The fourth-order valence-corrected chi connectivity index (χ4v) is 1.95. The molecule has 1 aromatic rings. The Hall–Kier alpha value is -1.60. The molecule has 1 aliphatic rings. The normalized spacial score (nSPS) is 21.2. The molecule has 1 saturated heterocycles. The van der Waals surface area contributed by atoms with Crippen molar-refractivity contribution < 1.29 is 0 Å². The van der Waals surface area contributed by atoms with Gasteiger partial charge < -0.3 is 4.90 Å². The minimum absolute atomic E-state index is 0.541. The molecular formula is C12H16N4. The van der Waals surface area contributed by atoms with E-state index in [0.29, 0.717) is 11.6 Å². The van der Waals surface area contributed by atoms with Crippen molar-refractivity contribution in [2.45, 2.75) is 25.8 Å². The highest BCUT2D eigenvalue weighted by atomic mass is 15.3. The number of pyridine rings is 1. The summed E-state index contributed by atoms with van der Waals surface area (Å²) in [5.74, 6) is 0.798. The van der Waals surface area contributed by atoms with Crippen molar-refractivity contribution in [2.24, 2.45) is 0 Å². The van der Waals surface area contributed by atoms with E-state index in [1.54, 1.807) is 12.3 Å². The van der Waals surface area contributed by atoms with Crippen molar-refractivity contribution in [1.29, 1.82) is 5.26 Å². The van der Waals surface area contributed by atoms with Crippen LogP contribution in [0.2, 0.25) is 0 Å². The largest absolute Gasteiger partial charge is 0.343 e. The zero-order valence-corrected chi connectivity index (χ0v) is 9.48. The first kappa shape index (κ1) is 10.9. The third-order valence-electron chi connectivity index (χ3n) is 2.90. The molecule has 4 nitrogen and oxygen atoms in total. The van der Waals surface area contributed by atoms with E-state index in [0.717, 1.165) is 25.5 Å². The molecule has 1 fully saturated rings. The number of hydrogen-bond acceptors (Lipinski definition) is 4. The lowest BCUT2D eigenvalue weighted by molar-refractivity contribution is 0.550. The zero-order chi connectivity index (χ0) is 11.4. The Labute approximate surface area is 95.9 Å². The molecule has 1 aromatic heterocycles. The second kappa shape index (κ2) is 4.95. The Balaban J connectivity index is 2.20. The molecule has 1 N–H and O–H groups in total. The predicted molar refractivity (Wildman–Crippen MR) is 63.0 cm³/mol. The molecule has 0 saturated carbocycles. The van der Waals surface area contributed by atoms with Gasteiger partial charge in [-0.3, -0.25) is 5.32 Å². The number of nitriles is 1. The van der Waals surface area contributed by atoms with Crippen molar-refractivity contribution in [3.63, 3.8) is 0 Å². The van der Waals surface area contributed by atoms with Crippen LogP contribution in [0.4, 0.5) is 5.82 Å². The summed E-state index contributed by atoms with van der Waals surface area (Å²) in [6.45, 7) is 3.92. The van der Waals surface area contributed by atoms with Crippen molar-refractivity contribution >= 4 is 5.82 Å². The monoisotopic (exact) mass is 216 g/mol. The molecule has 0 aromatic carbocycles. The van der Waals surface area contributed by atoms with Gasteiger partial charge in [-0.1, -0.05) is 0 Å². The van der Waals surface area contributed by atoms with Gasteiger partial charge in [0.2, 0.25) is 0 Å². The minimum Gasteiger partial charge on any atom is -0.343 e. The van der Waals surface area contributed by atoms with Gasteiger partial charge >= 0.3 is 0 Å². The van der Waals surface area contributed by atoms with Crippen molar-refractivity contribution in [3.05, 3.63) is 23.9 Å². The molecule has 4 heteroatoms. The summed E-state index contributed by atoms with van der Waals surface area (Å²) >= 11 is 0. The van der Waals surface area contributed by atoms with Crippen LogP contribution < -0.4 is 10.2 Å². The highest BCUT2D eigenvalue weighted by molar-refractivity contribution is 5.53. The summed E-state index contributed by atoms with van der Waals surface area (Å²) in [7, 11) is 0. The predicted octanol–water partition coefficient (Wildman–Crippen LogP) is 1.49. The minimum atomic E-state index is 0.541. The molecule has 0 amide bonds. The van der Waals surface area contributed by atoms with E-state index in [1.807, 2.05) is 6.07 Å². The maximum atomic E-state index is 9.03. The maximum absolute atomic E-state index is 9.03. The Bertz CT molecular complexity index is 396. The average Bonchev–Trinajstić information content (AvgIpc) is 2.54. The van der Waals surface area contributed by atoms with Gasteiger partial charge in [0.1, 0.15) is 11.9 Å². The van der Waals surface area contributed by atoms with E-state index in [2.05, 4.69) is 28.2 Å². The molecule has 0 radical (unpaired) electrons. The summed E-state index contributed by atoms with van der Waals surface area (Å²) in [5.41, 5.74) is 0.652. The lowest BCUT2D eigenvalue weighted by Crippen LogP contribution is -2.36.